The Hall–Kier alpha value is -1.69. The average molecular weight is 298 g/mol. The molecule has 6 heteroatoms. The molecule has 1 aromatic rings. The lowest BCUT2D eigenvalue weighted by molar-refractivity contribution is 0.0114. The summed E-state index contributed by atoms with van der Waals surface area (Å²) in [4.78, 5) is 13.7. The maximum atomic E-state index is 14.0. The number of ether oxygens (including phenoxy) is 1. The van der Waals surface area contributed by atoms with Gasteiger partial charge in [0, 0.05) is 25.2 Å². The third-order valence-corrected chi connectivity index (χ3v) is 3.19. The van der Waals surface area contributed by atoms with Crippen LogP contribution in [0.15, 0.2) is 18.2 Å². The normalized spacial score (nSPS) is 19.5. The van der Waals surface area contributed by atoms with E-state index in [9.17, 15) is 13.6 Å². The van der Waals surface area contributed by atoms with Crippen LogP contribution in [-0.2, 0) is 4.74 Å². The first kappa shape index (κ1) is 15.7. The SMILES string of the molecule is CC(C)(C)OC(=O)N1CCNC[C@@H]1c1cc(F)ccc1F. The standard InChI is InChI=1S/C15H20F2N2O2/c1-15(2,3)21-14(20)19-7-6-18-9-13(19)11-8-10(16)4-5-12(11)17/h4-5,8,13,18H,6-7,9H2,1-3H3/t13-/m1/s1. The fourth-order valence-corrected chi connectivity index (χ4v) is 2.29. The van der Waals surface area contributed by atoms with Crippen molar-refractivity contribution in [2.24, 2.45) is 0 Å². The van der Waals surface area contributed by atoms with Gasteiger partial charge in [-0.1, -0.05) is 0 Å². The number of hydrogen-bond donors (Lipinski definition) is 1. The monoisotopic (exact) mass is 298 g/mol. The topological polar surface area (TPSA) is 41.6 Å². The van der Waals surface area contributed by atoms with Crippen LogP contribution in [0.4, 0.5) is 13.6 Å². The van der Waals surface area contributed by atoms with Gasteiger partial charge in [-0.05, 0) is 39.0 Å². The number of halogens is 2. The van der Waals surface area contributed by atoms with E-state index < -0.39 is 29.4 Å². The lowest BCUT2D eigenvalue weighted by Gasteiger charge is -2.37. The van der Waals surface area contributed by atoms with Gasteiger partial charge >= 0.3 is 6.09 Å². The van der Waals surface area contributed by atoms with Crippen molar-refractivity contribution in [3.05, 3.63) is 35.4 Å². The van der Waals surface area contributed by atoms with Gasteiger partial charge in [-0.2, -0.15) is 0 Å². The molecule has 1 heterocycles. The molecular formula is C15H20F2N2O2. The largest absolute Gasteiger partial charge is 0.444 e. The Bertz CT molecular complexity index is 529. The second-order valence-corrected chi connectivity index (χ2v) is 6.06. The number of piperazine rings is 1. The van der Waals surface area contributed by atoms with Crippen LogP contribution in [-0.4, -0.2) is 36.2 Å². The molecule has 0 spiro atoms. The van der Waals surface area contributed by atoms with Gasteiger partial charge < -0.3 is 10.1 Å². The zero-order valence-electron chi connectivity index (χ0n) is 12.5. The van der Waals surface area contributed by atoms with Crippen molar-refractivity contribution in [3.63, 3.8) is 0 Å². The molecule has 0 saturated carbocycles. The molecule has 1 atom stereocenters. The highest BCUT2D eigenvalue weighted by atomic mass is 19.1. The summed E-state index contributed by atoms with van der Waals surface area (Å²) in [7, 11) is 0. The molecule has 1 N–H and O–H groups in total. The summed E-state index contributed by atoms with van der Waals surface area (Å²) in [5.74, 6) is -1.06. The highest BCUT2D eigenvalue weighted by Gasteiger charge is 2.32. The molecule has 4 nitrogen and oxygen atoms in total. The Balaban J connectivity index is 2.27. The number of rotatable bonds is 1. The van der Waals surface area contributed by atoms with Crippen LogP contribution in [0.1, 0.15) is 32.4 Å². The Kier molecular flexibility index (Phi) is 4.46. The first-order valence-corrected chi connectivity index (χ1v) is 6.93. The van der Waals surface area contributed by atoms with Gasteiger partial charge in [0.05, 0.1) is 6.04 Å². The highest BCUT2D eigenvalue weighted by Crippen LogP contribution is 2.27. The molecule has 0 aliphatic carbocycles. The molecule has 1 saturated heterocycles. The van der Waals surface area contributed by atoms with Crippen LogP contribution in [0.3, 0.4) is 0 Å². The number of benzene rings is 1. The van der Waals surface area contributed by atoms with Gasteiger partial charge in [0.15, 0.2) is 0 Å². The fraction of sp³-hybridized carbons (Fsp3) is 0.533. The summed E-state index contributed by atoms with van der Waals surface area (Å²) < 4.78 is 32.7. The van der Waals surface area contributed by atoms with Gasteiger partial charge in [-0.15, -0.1) is 0 Å². The summed E-state index contributed by atoms with van der Waals surface area (Å²) >= 11 is 0. The van der Waals surface area contributed by atoms with Crippen molar-refractivity contribution in [1.82, 2.24) is 10.2 Å². The van der Waals surface area contributed by atoms with E-state index in [0.717, 1.165) is 18.2 Å². The van der Waals surface area contributed by atoms with Gasteiger partial charge in [-0.3, -0.25) is 4.90 Å². The van der Waals surface area contributed by atoms with Gasteiger partial charge in [-0.25, -0.2) is 13.6 Å². The van der Waals surface area contributed by atoms with E-state index in [4.69, 9.17) is 4.74 Å². The quantitative estimate of drug-likeness (QED) is 0.867. The van der Waals surface area contributed by atoms with Crippen LogP contribution in [0.5, 0.6) is 0 Å². The summed E-state index contributed by atoms with van der Waals surface area (Å²) in [6.07, 6.45) is -0.516. The number of carbonyl (C=O) groups is 1. The van der Waals surface area contributed by atoms with Crippen molar-refractivity contribution in [1.29, 1.82) is 0 Å². The predicted molar refractivity (Wildman–Crippen MR) is 74.9 cm³/mol. The van der Waals surface area contributed by atoms with Crippen molar-refractivity contribution in [3.8, 4) is 0 Å². The molecule has 1 amide bonds. The van der Waals surface area contributed by atoms with Gasteiger partial charge in [0.2, 0.25) is 0 Å². The zero-order valence-corrected chi connectivity index (χ0v) is 12.5. The number of nitrogens with zero attached hydrogens (tertiary/aromatic N) is 1. The Morgan fingerprint density at radius 2 is 2.10 bits per heavy atom. The first-order chi connectivity index (χ1) is 9.78. The van der Waals surface area contributed by atoms with Gasteiger partial charge in [0.1, 0.15) is 17.2 Å². The summed E-state index contributed by atoms with van der Waals surface area (Å²) in [6, 6.07) is 2.69. The first-order valence-electron chi connectivity index (χ1n) is 6.93. The second-order valence-electron chi connectivity index (χ2n) is 6.06. The summed E-state index contributed by atoms with van der Waals surface area (Å²) in [6.45, 7) is 6.64. The molecule has 1 aromatic carbocycles. The Morgan fingerprint density at radius 3 is 2.76 bits per heavy atom. The van der Waals surface area contributed by atoms with E-state index in [1.54, 1.807) is 20.8 Å². The minimum Gasteiger partial charge on any atom is -0.444 e. The molecule has 21 heavy (non-hydrogen) atoms. The smallest absolute Gasteiger partial charge is 0.410 e. The molecule has 1 aliphatic heterocycles. The van der Waals surface area contributed by atoms with E-state index >= 15 is 0 Å². The van der Waals surface area contributed by atoms with Gasteiger partial charge in [0.25, 0.3) is 0 Å². The van der Waals surface area contributed by atoms with E-state index in [-0.39, 0.29) is 5.56 Å². The maximum absolute atomic E-state index is 14.0. The second kappa shape index (κ2) is 5.97. The van der Waals surface area contributed by atoms with Crippen LogP contribution in [0, 0.1) is 11.6 Å². The molecule has 1 aliphatic rings. The maximum Gasteiger partial charge on any atom is 0.410 e. The summed E-state index contributed by atoms with van der Waals surface area (Å²) in [5, 5.41) is 3.09. The van der Waals surface area contributed by atoms with Crippen molar-refractivity contribution >= 4 is 6.09 Å². The Morgan fingerprint density at radius 1 is 1.38 bits per heavy atom. The van der Waals surface area contributed by atoms with E-state index in [0.29, 0.717) is 19.6 Å². The lowest BCUT2D eigenvalue weighted by atomic mass is 10.0. The molecule has 0 bridgehead atoms. The molecule has 116 valence electrons. The van der Waals surface area contributed by atoms with E-state index in [1.807, 2.05) is 0 Å². The fourth-order valence-electron chi connectivity index (χ4n) is 2.29. The molecule has 0 unspecified atom stereocenters. The van der Waals surface area contributed by atoms with Crippen molar-refractivity contribution < 1.29 is 18.3 Å². The zero-order chi connectivity index (χ0) is 15.6. The number of carbonyl (C=O) groups excluding carboxylic acids is 1. The van der Waals surface area contributed by atoms with Crippen LogP contribution in [0.2, 0.25) is 0 Å². The average Bonchev–Trinajstić information content (AvgIpc) is 2.39. The Labute approximate surface area is 123 Å². The van der Waals surface area contributed by atoms with Crippen LogP contribution < -0.4 is 5.32 Å². The minimum absolute atomic E-state index is 0.160. The lowest BCUT2D eigenvalue weighted by Crippen LogP contribution is -2.50. The third-order valence-electron chi connectivity index (χ3n) is 3.19. The van der Waals surface area contributed by atoms with Crippen molar-refractivity contribution in [2.45, 2.75) is 32.4 Å². The number of hydrogen-bond acceptors (Lipinski definition) is 3. The number of amides is 1. The van der Waals surface area contributed by atoms with Crippen LogP contribution >= 0.6 is 0 Å². The van der Waals surface area contributed by atoms with E-state index in [1.165, 1.54) is 4.90 Å². The predicted octanol–water partition coefficient (Wildman–Crippen LogP) is 2.85. The highest BCUT2D eigenvalue weighted by molar-refractivity contribution is 5.69. The third kappa shape index (κ3) is 3.91. The number of nitrogens with one attached hydrogen (secondary N) is 1. The van der Waals surface area contributed by atoms with Crippen molar-refractivity contribution in [2.75, 3.05) is 19.6 Å². The van der Waals surface area contributed by atoms with Crippen LogP contribution in [0.25, 0.3) is 0 Å². The molecule has 0 radical (unpaired) electrons. The molecule has 1 fully saturated rings. The minimum atomic E-state index is -0.632. The molecular weight excluding hydrogens is 278 g/mol. The van der Waals surface area contributed by atoms with E-state index in [2.05, 4.69) is 5.32 Å². The molecule has 2 rings (SSSR count). The molecule has 0 aromatic heterocycles. The summed E-state index contributed by atoms with van der Waals surface area (Å²) in [5.41, 5.74) is -0.472.